The van der Waals surface area contributed by atoms with Gasteiger partial charge in [-0.1, -0.05) is 0 Å². The Kier molecular flexibility index (Phi) is 4.66. The molecule has 2 aromatic rings. The molecule has 2 atom stereocenters. The van der Waals surface area contributed by atoms with Gasteiger partial charge in [0.25, 0.3) is 0 Å². The third kappa shape index (κ3) is 3.17. The topological polar surface area (TPSA) is 17.8 Å². The first-order valence-electron chi connectivity index (χ1n) is 6.75. The van der Waals surface area contributed by atoms with Gasteiger partial charge in [0.2, 0.25) is 0 Å². The van der Waals surface area contributed by atoms with Crippen molar-refractivity contribution < 1.29 is 8.78 Å². The van der Waals surface area contributed by atoms with Crippen molar-refractivity contribution in [2.45, 2.75) is 24.1 Å². The van der Waals surface area contributed by atoms with Crippen LogP contribution < -0.4 is 0 Å². The number of fused-ring (bicyclic) bond motifs is 1. The zero-order valence-electron chi connectivity index (χ0n) is 11.5. The van der Waals surface area contributed by atoms with E-state index >= 15 is 0 Å². The third-order valence-corrected chi connectivity index (χ3v) is 6.45. The molecule has 1 fully saturated rings. The van der Waals surface area contributed by atoms with Gasteiger partial charge < -0.3 is 4.57 Å². The lowest BCUT2D eigenvalue weighted by atomic mass is 10.3. The average Bonchev–Trinajstić information content (AvgIpc) is 2.79. The number of benzene rings is 1. The van der Waals surface area contributed by atoms with E-state index in [9.17, 15) is 8.78 Å². The van der Waals surface area contributed by atoms with E-state index in [0.717, 1.165) is 23.3 Å². The maximum atomic E-state index is 13.9. The van der Waals surface area contributed by atoms with Crippen LogP contribution in [0.5, 0.6) is 0 Å². The van der Waals surface area contributed by atoms with Crippen LogP contribution in [0.25, 0.3) is 11.0 Å². The number of nitrogens with zero attached hydrogens (tertiary/aromatic N) is 2. The van der Waals surface area contributed by atoms with E-state index in [2.05, 4.69) is 4.98 Å². The van der Waals surface area contributed by atoms with E-state index in [4.69, 9.17) is 11.6 Å². The summed E-state index contributed by atoms with van der Waals surface area (Å²) in [5, 5.41) is 0.0720. The molecule has 0 amide bonds. The number of hydrogen-bond donors (Lipinski definition) is 0. The standard InChI is InChI=1S/C14H15ClF2N2S2/c1-8(15)14-18-13-11(17)4-9(16)5-12(13)19(14)6-10-7-20-2-3-21-10/h4-5,8,10H,2-3,6-7H2,1H3. The number of halogens is 3. The largest absolute Gasteiger partial charge is 0.325 e. The molecule has 0 saturated carbocycles. The van der Waals surface area contributed by atoms with Crippen molar-refractivity contribution in [3.05, 3.63) is 29.6 Å². The van der Waals surface area contributed by atoms with Crippen LogP contribution in [0.4, 0.5) is 8.78 Å². The molecule has 1 aromatic carbocycles. The third-order valence-electron chi connectivity index (χ3n) is 3.43. The summed E-state index contributed by atoms with van der Waals surface area (Å²) in [6, 6.07) is 2.21. The predicted molar refractivity (Wildman–Crippen MR) is 87.5 cm³/mol. The smallest absolute Gasteiger partial charge is 0.153 e. The molecule has 21 heavy (non-hydrogen) atoms. The molecule has 1 saturated heterocycles. The Morgan fingerprint density at radius 3 is 2.90 bits per heavy atom. The van der Waals surface area contributed by atoms with Crippen molar-refractivity contribution in [1.82, 2.24) is 9.55 Å². The predicted octanol–water partition coefficient (Wildman–Crippen LogP) is 4.46. The van der Waals surface area contributed by atoms with Gasteiger partial charge in [-0.2, -0.15) is 23.5 Å². The Hall–Kier alpha value is -0.460. The van der Waals surface area contributed by atoms with Crippen molar-refractivity contribution in [3.8, 4) is 0 Å². The fourth-order valence-corrected chi connectivity index (χ4v) is 5.33. The van der Waals surface area contributed by atoms with Gasteiger partial charge in [-0.25, -0.2) is 13.8 Å². The summed E-state index contributed by atoms with van der Waals surface area (Å²) >= 11 is 9.99. The maximum absolute atomic E-state index is 13.9. The fraction of sp³-hybridized carbons (Fsp3) is 0.500. The van der Waals surface area contributed by atoms with Crippen molar-refractivity contribution in [2.75, 3.05) is 17.3 Å². The number of alkyl halides is 1. The summed E-state index contributed by atoms with van der Waals surface area (Å²) in [4.78, 5) is 4.29. The van der Waals surface area contributed by atoms with Crippen LogP contribution in [0.2, 0.25) is 0 Å². The van der Waals surface area contributed by atoms with Crippen LogP contribution in [0, 0.1) is 11.6 Å². The van der Waals surface area contributed by atoms with Gasteiger partial charge >= 0.3 is 0 Å². The highest BCUT2D eigenvalue weighted by molar-refractivity contribution is 8.06. The Morgan fingerprint density at radius 1 is 1.43 bits per heavy atom. The van der Waals surface area contributed by atoms with E-state index < -0.39 is 11.6 Å². The maximum Gasteiger partial charge on any atom is 0.153 e. The van der Waals surface area contributed by atoms with Gasteiger partial charge in [-0.3, -0.25) is 0 Å². The van der Waals surface area contributed by atoms with Gasteiger partial charge in [0, 0.05) is 35.1 Å². The number of imidazole rings is 1. The molecular formula is C14H15ClF2N2S2. The summed E-state index contributed by atoms with van der Waals surface area (Å²) in [5.74, 6) is 2.70. The molecule has 0 spiro atoms. The Balaban J connectivity index is 2.06. The van der Waals surface area contributed by atoms with Gasteiger partial charge in [-0.15, -0.1) is 11.6 Å². The monoisotopic (exact) mass is 348 g/mol. The van der Waals surface area contributed by atoms with Crippen LogP contribution in [-0.2, 0) is 6.54 Å². The molecule has 2 heterocycles. The first kappa shape index (κ1) is 15.4. The van der Waals surface area contributed by atoms with Crippen LogP contribution in [-0.4, -0.2) is 32.1 Å². The summed E-state index contributed by atoms with van der Waals surface area (Å²) in [5.41, 5.74) is 0.693. The number of thioether (sulfide) groups is 2. The number of aromatic nitrogens is 2. The van der Waals surface area contributed by atoms with Crippen molar-refractivity contribution in [2.24, 2.45) is 0 Å². The zero-order valence-corrected chi connectivity index (χ0v) is 13.9. The molecule has 114 valence electrons. The first-order valence-corrected chi connectivity index (χ1v) is 9.39. The van der Waals surface area contributed by atoms with E-state index in [1.165, 1.54) is 6.07 Å². The van der Waals surface area contributed by atoms with Crippen LogP contribution >= 0.6 is 35.1 Å². The summed E-state index contributed by atoms with van der Waals surface area (Å²) < 4.78 is 29.3. The Morgan fingerprint density at radius 2 is 2.24 bits per heavy atom. The van der Waals surface area contributed by atoms with Crippen molar-refractivity contribution >= 4 is 46.2 Å². The summed E-state index contributed by atoms with van der Waals surface area (Å²) in [6.45, 7) is 2.49. The second-order valence-electron chi connectivity index (χ2n) is 5.02. The Bertz CT molecular complexity index is 654. The molecule has 3 rings (SSSR count). The molecule has 1 aromatic heterocycles. The van der Waals surface area contributed by atoms with Crippen LogP contribution in [0.1, 0.15) is 18.1 Å². The zero-order chi connectivity index (χ0) is 15.0. The summed E-state index contributed by atoms with van der Waals surface area (Å²) in [7, 11) is 0. The molecule has 1 aliphatic heterocycles. The molecule has 2 unspecified atom stereocenters. The molecule has 1 aliphatic rings. The normalized spacial score (nSPS) is 20.9. The molecule has 0 radical (unpaired) electrons. The van der Waals surface area contributed by atoms with E-state index in [-0.39, 0.29) is 10.9 Å². The minimum absolute atomic E-state index is 0.201. The highest BCUT2D eigenvalue weighted by Gasteiger charge is 2.22. The molecular weight excluding hydrogens is 334 g/mol. The van der Waals surface area contributed by atoms with Crippen LogP contribution in [0.3, 0.4) is 0 Å². The minimum Gasteiger partial charge on any atom is -0.325 e. The molecule has 7 heteroatoms. The lowest BCUT2D eigenvalue weighted by molar-refractivity contribution is 0.589. The van der Waals surface area contributed by atoms with Gasteiger partial charge in [-0.05, 0) is 13.0 Å². The molecule has 0 bridgehead atoms. The second kappa shape index (κ2) is 6.34. The van der Waals surface area contributed by atoms with Crippen molar-refractivity contribution in [1.29, 1.82) is 0 Å². The SMILES string of the molecule is CC(Cl)c1nc2c(F)cc(F)cc2n1CC1CSCCS1. The van der Waals surface area contributed by atoms with E-state index in [1.807, 2.05) is 28.1 Å². The highest BCUT2D eigenvalue weighted by atomic mass is 35.5. The van der Waals surface area contributed by atoms with E-state index in [1.54, 1.807) is 6.92 Å². The highest BCUT2D eigenvalue weighted by Crippen LogP contribution is 2.31. The lowest BCUT2D eigenvalue weighted by Crippen LogP contribution is -2.21. The van der Waals surface area contributed by atoms with E-state index in [0.29, 0.717) is 23.1 Å². The minimum atomic E-state index is -0.631. The van der Waals surface area contributed by atoms with Gasteiger partial charge in [0.1, 0.15) is 17.2 Å². The van der Waals surface area contributed by atoms with Gasteiger partial charge in [0.15, 0.2) is 5.82 Å². The Labute approximate surface area is 135 Å². The number of rotatable bonds is 3. The lowest BCUT2D eigenvalue weighted by Gasteiger charge is -2.23. The first-order chi connectivity index (χ1) is 10.1. The fourth-order valence-electron chi connectivity index (χ4n) is 2.51. The molecule has 0 aliphatic carbocycles. The number of hydrogen-bond acceptors (Lipinski definition) is 3. The molecule has 0 N–H and O–H groups in total. The quantitative estimate of drug-likeness (QED) is 0.762. The summed E-state index contributed by atoms with van der Waals surface area (Å²) in [6.07, 6.45) is 0. The van der Waals surface area contributed by atoms with Crippen molar-refractivity contribution in [3.63, 3.8) is 0 Å². The second-order valence-corrected chi connectivity index (χ2v) is 8.23. The average molecular weight is 349 g/mol. The molecule has 2 nitrogen and oxygen atoms in total. The van der Waals surface area contributed by atoms with Gasteiger partial charge in [0.05, 0.1) is 10.9 Å². The van der Waals surface area contributed by atoms with Crippen LogP contribution in [0.15, 0.2) is 12.1 Å².